The van der Waals surface area contributed by atoms with Crippen LogP contribution < -0.4 is 5.73 Å². The second-order valence-corrected chi connectivity index (χ2v) is 3.86. The molecule has 0 heterocycles. The molecule has 0 fully saturated rings. The number of carbonyl (C=O) groups excluding carboxylic acids is 1. The summed E-state index contributed by atoms with van der Waals surface area (Å²) in [5.41, 5.74) is 6.30. The van der Waals surface area contributed by atoms with Gasteiger partial charge in [0.05, 0.1) is 12.2 Å². The van der Waals surface area contributed by atoms with E-state index in [1.165, 1.54) is 6.07 Å². The van der Waals surface area contributed by atoms with Crippen molar-refractivity contribution in [1.82, 2.24) is 0 Å². The Morgan fingerprint density at radius 3 is 2.72 bits per heavy atom. The van der Waals surface area contributed by atoms with Crippen LogP contribution in [0.1, 0.15) is 29.3 Å². The topological polar surface area (TPSA) is 61.5 Å². The summed E-state index contributed by atoms with van der Waals surface area (Å²) in [6.07, 6.45) is 0.614. The minimum absolute atomic E-state index is 0.131. The molecular weight excluding hydrogens is 237 g/mol. The van der Waals surface area contributed by atoms with E-state index in [-0.39, 0.29) is 17.9 Å². The van der Waals surface area contributed by atoms with Crippen LogP contribution in [0.4, 0.5) is 10.1 Å². The summed E-state index contributed by atoms with van der Waals surface area (Å²) in [5, 5.41) is 0. The first kappa shape index (κ1) is 14.4. The van der Waals surface area contributed by atoms with Crippen molar-refractivity contribution in [2.75, 3.05) is 25.6 Å². The lowest BCUT2D eigenvalue weighted by atomic mass is 10.1. The average molecular weight is 255 g/mol. The lowest BCUT2D eigenvalue weighted by Crippen LogP contribution is -2.10. The minimum atomic E-state index is -0.572. The summed E-state index contributed by atoms with van der Waals surface area (Å²) in [4.78, 5) is 11.6. The second kappa shape index (κ2) is 6.96. The molecule has 0 aliphatic carbocycles. The first-order valence-corrected chi connectivity index (χ1v) is 5.86. The highest BCUT2D eigenvalue weighted by molar-refractivity contribution is 5.90. The molecule has 0 unspecified atom stereocenters. The van der Waals surface area contributed by atoms with E-state index in [1.807, 2.05) is 6.92 Å². The van der Waals surface area contributed by atoms with Gasteiger partial charge in [-0.05, 0) is 26.0 Å². The molecule has 0 saturated carbocycles. The number of esters is 1. The molecule has 1 rings (SSSR count). The van der Waals surface area contributed by atoms with Crippen molar-refractivity contribution >= 4 is 11.7 Å². The molecule has 18 heavy (non-hydrogen) atoms. The Morgan fingerprint density at radius 2 is 2.11 bits per heavy atom. The molecule has 0 aliphatic rings. The van der Waals surface area contributed by atoms with E-state index in [1.54, 1.807) is 6.92 Å². The Hall–Kier alpha value is -1.62. The predicted octanol–water partition coefficient (Wildman–Crippen LogP) is 2.30. The van der Waals surface area contributed by atoms with Gasteiger partial charge >= 0.3 is 5.97 Å². The Kier molecular flexibility index (Phi) is 5.58. The van der Waals surface area contributed by atoms with Crippen molar-refractivity contribution in [3.8, 4) is 0 Å². The highest BCUT2D eigenvalue weighted by atomic mass is 19.1. The summed E-state index contributed by atoms with van der Waals surface area (Å²) in [6.45, 7) is 4.86. The molecule has 0 aromatic heterocycles. The van der Waals surface area contributed by atoms with Crippen LogP contribution >= 0.6 is 0 Å². The zero-order valence-electron chi connectivity index (χ0n) is 10.7. The van der Waals surface area contributed by atoms with Gasteiger partial charge in [-0.2, -0.15) is 0 Å². The maximum Gasteiger partial charge on any atom is 0.338 e. The van der Waals surface area contributed by atoms with Gasteiger partial charge in [0.25, 0.3) is 0 Å². The number of rotatable bonds is 6. The van der Waals surface area contributed by atoms with Crippen LogP contribution in [0.3, 0.4) is 0 Å². The van der Waals surface area contributed by atoms with Gasteiger partial charge in [0.1, 0.15) is 5.82 Å². The molecule has 1 aromatic carbocycles. The Balaban J connectivity index is 2.52. The molecule has 0 saturated heterocycles. The zero-order valence-corrected chi connectivity index (χ0v) is 10.7. The molecule has 0 radical (unpaired) electrons. The van der Waals surface area contributed by atoms with E-state index in [2.05, 4.69) is 0 Å². The molecule has 4 nitrogen and oxygen atoms in total. The molecule has 2 N–H and O–H groups in total. The number of nitrogens with two attached hydrogens (primary N) is 1. The molecular formula is C13H18FNO3. The standard InChI is InChI=1S/C13H18FNO3/c1-3-17-5-4-6-18-13(16)10-7-11(14)9(2)12(15)8-10/h7-8H,3-6,15H2,1-2H3. The van der Waals surface area contributed by atoms with Gasteiger partial charge in [-0.3, -0.25) is 0 Å². The minimum Gasteiger partial charge on any atom is -0.462 e. The number of hydrogen-bond donors (Lipinski definition) is 1. The number of halogens is 1. The fraction of sp³-hybridized carbons (Fsp3) is 0.462. The molecule has 1 aromatic rings. The summed E-state index contributed by atoms with van der Waals surface area (Å²) < 4.78 is 23.5. The largest absolute Gasteiger partial charge is 0.462 e. The predicted molar refractivity (Wildman–Crippen MR) is 66.9 cm³/mol. The highest BCUT2D eigenvalue weighted by Gasteiger charge is 2.12. The number of ether oxygens (including phenoxy) is 2. The van der Waals surface area contributed by atoms with E-state index in [9.17, 15) is 9.18 Å². The fourth-order valence-electron chi connectivity index (χ4n) is 1.37. The molecule has 0 spiro atoms. The van der Waals surface area contributed by atoms with Crippen LogP contribution in [0.15, 0.2) is 12.1 Å². The third kappa shape index (κ3) is 4.00. The van der Waals surface area contributed by atoms with Crippen LogP contribution in [0.2, 0.25) is 0 Å². The monoisotopic (exact) mass is 255 g/mol. The van der Waals surface area contributed by atoms with E-state index in [0.717, 1.165) is 6.07 Å². The van der Waals surface area contributed by atoms with E-state index >= 15 is 0 Å². The third-order valence-electron chi connectivity index (χ3n) is 2.49. The Labute approximate surface area is 106 Å². The van der Waals surface area contributed by atoms with Gasteiger partial charge in [0.2, 0.25) is 0 Å². The molecule has 0 atom stereocenters. The normalized spacial score (nSPS) is 10.4. The van der Waals surface area contributed by atoms with Crippen LogP contribution in [0.5, 0.6) is 0 Å². The lowest BCUT2D eigenvalue weighted by Gasteiger charge is -2.07. The van der Waals surface area contributed by atoms with Gasteiger partial charge in [0.15, 0.2) is 0 Å². The average Bonchev–Trinajstić information content (AvgIpc) is 2.34. The van der Waals surface area contributed by atoms with E-state index < -0.39 is 11.8 Å². The Morgan fingerprint density at radius 1 is 1.39 bits per heavy atom. The van der Waals surface area contributed by atoms with Crippen molar-refractivity contribution in [2.24, 2.45) is 0 Å². The van der Waals surface area contributed by atoms with Gasteiger partial charge < -0.3 is 15.2 Å². The maximum absolute atomic E-state index is 13.4. The first-order valence-electron chi connectivity index (χ1n) is 5.86. The van der Waals surface area contributed by atoms with Gasteiger partial charge in [0, 0.05) is 30.9 Å². The first-order chi connectivity index (χ1) is 8.56. The molecule has 0 bridgehead atoms. The molecule has 100 valence electrons. The van der Waals surface area contributed by atoms with Crippen molar-refractivity contribution < 1.29 is 18.7 Å². The van der Waals surface area contributed by atoms with Crippen LogP contribution in [0, 0.1) is 12.7 Å². The fourth-order valence-corrected chi connectivity index (χ4v) is 1.37. The SMILES string of the molecule is CCOCCCOC(=O)c1cc(N)c(C)c(F)c1. The summed E-state index contributed by atoms with van der Waals surface area (Å²) >= 11 is 0. The quantitative estimate of drug-likeness (QED) is 0.481. The number of benzene rings is 1. The lowest BCUT2D eigenvalue weighted by molar-refractivity contribution is 0.0452. The zero-order chi connectivity index (χ0) is 13.5. The third-order valence-corrected chi connectivity index (χ3v) is 2.49. The highest BCUT2D eigenvalue weighted by Crippen LogP contribution is 2.18. The van der Waals surface area contributed by atoms with Crippen molar-refractivity contribution in [1.29, 1.82) is 0 Å². The maximum atomic E-state index is 13.4. The van der Waals surface area contributed by atoms with Crippen LogP contribution in [-0.2, 0) is 9.47 Å². The van der Waals surface area contributed by atoms with E-state index in [0.29, 0.717) is 25.2 Å². The van der Waals surface area contributed by atoms with Crippen molar-refractivity contribution in [2.45, 2.75) is 20.3 Å². The van der Waals surface area contributed by atoms with Gasteiger partial charge in [-0.25, -0.2) is 9.18 Å². The number of carbonyl (C=O) groups is 1. The molecule has 5 heteroatoms. The summed E-state index contributed by atoms with van der Waals surface area (Å²) in [7, 11) is 0. The second-order valence-electron chi connectivity index (χ2n) is 3.86. The van der Waals surface area contributed by atoms with Crippen LogP contribution in [-0.4, -0.2) is 25.8 Å². The van der Waals surface area contributed by atoms with Crippen molar-refractivity contribution in [3.63, 3.8) is 0 Å². The van der Waals surface area contributed by atoms with Crippen molar-refractivity contribution in [3.05, 3.63) is 29.1 Å². The van der Waals surface area contributed by atoms with Crippen LogP contribution in [0.25, 0.3) is 0 Å². The number of hydrogen-bond acceptors (Lipinski definition) is 4. The summed E-state index contributed by atoms with van der Waals surface area (Å²) in [5.74, 6) is -1.08. The van der Waals surface area contributed by atoms with E-state index in [4.69, 9.17) is 15.2 Å². The molecule has 0 amide bonds. The summed E-state index contributed by atoms with van der Waals surface area (Å²) in [6, 6.07) is 2.56. The van der Waals surface area contributed by atoms with Gasteiger partial charge in [-0.15, -0.1) is 0 Å². The van der Waals surface area contributed by atoms with Gasteiger partial charge in [-0.1, -0.05) is 0 Å². The number of nitrogen functional groups attached to an aromatic ring is 1. The Bertz CT molecular complexity index is 398. The molecule has 0 aliphatic heterocycles. The number of anilines is 1. The smallest absolute Gasteiger partial charge is 0.338 e.